The molecule has 0 radical (unpaired) electrons. The monoisotopic (exact) mass is 249 g/mol. The van der Waals surface area contributed by atoms with Gasteiger partial charge in [0.15, 0.2) is 11.5 Å². The molecule has 18 heavy (non-hydrogen) atoms. The Bertz CT molecular complexity index is 394. The quantitative estimate of drug-likeness (QED) is 0.810. The van der Waals surface area contributed by atoms with Crippen molar-refractivity contribution in [1.29, 1.82) is 5.26 Å². The Morgan fingerprint density at radius 3 is 2.00 bits per heavy atom. The molecule has 0 fully saturated rings. The number of methoxy groups -OCH3 is 2. The van der Waals surface area contributed by atoms with Crippen molar-refractivity contribution in [3.63, 3.8) is 0 Å². The molecule has 0 aliphatic rings. The molecule has 0 heterocycles. The lowest BCUT2D eigenvalue weighted by Gasteiger charge is -2.15. The van der Waals surface area contributed by atoms with E-state index in [0.29, 0.717) is 11.5 Å². The molecule has 0 spiro atoms. The van der Waals surface area contributed by atoms with Gasteiger partial charge in [0.05, 0.1) is 26.2 Å². The van der Waals surface area contributed by atoms with E-state index in [4.69, 9.17) is 14.7 Å². The van der Waals surface area contributed by atoms with Crippen LogP contribution in [0.5, 0.6) is 11.5 Å². The Hall–Kier alpha value is -1.69. The average molecular weight is 249 g/mol. The normalized spacial score (nSPS) is 11.0. The second-order valence-electron chi connectivity index (χ2n) is 3.97. The number of hydrogen-bond acceptors (Lipinski definition) is 3. The molecule has 0 saturated heterocycles. The molecule has 1 unspecified atom stereocenters. The van der Waals surface area contributed by atoms with E-state index in [2.05, 4.69) is 6.07 Å². The van der Waals surface area contributed by atoms with Gasteiger partial charge >= 0.3 is 0 Å². The van der Waals surface area contributed by atoms with Crippen LogP contribution < -0.4 is 9.47 Å². The van der Waals surface area contributed by atoms with Gasteiger partial charge in [-0.15, -0.1) is 0 Å². The first-order valence-electron chi connectivity index (χ1n) is 6.25. The molecule has 0 amide bonds. The topological polar surface area (TPSA) is 42.2 Å². The van der Waals surface area contributed by atoms with Gasteiger partial charge < -0.3 is 9.47 Å². The first-order valence-corrected chi connectivity index (χ1v) is 6.25. The fourth-order valence-corrected chi connectivity index (χ4v) is 1.65. The van der Waals surface area contributed by atoms with Gasteiger partial charge in [0.25, 0.3) is 0 Å². The van der Waals surface area contributed by atoms with Crippen LogP contribution in [-0.2, 0) is 0 Å². The van der Waals surface area contributed by atoms with Crippen LogP contribution in [0.2, 0.25) is 0 Å². The predicted molar refractivity (Wildman–Crippen MR) is 74.1 cm³/mol. The van der Waals surface area contributed by atoms with Crippen LogP contribution in [0, 0.1) is 17.2 Å². The summed E-state index contributed by atoms with van der Waals surface area (Å²) in [5, 5.41) is 9.12. The summed E-state index contributed by atoms with van der Waals surface area (Å²) in [6.07, 6.45) is 0. The van der Waals surface area contributed by atoms with Crippen LogP contribution in [0.25, 0.3) is 0 Å². The summed E-state index contributed by atoms with van der Waals surface area (Å²) in [6, 6.07) is 7.92. The maximum Gasteiger partial charge on any atom is 0.161 e. The Morgan fingerprint density at radius 2 is 1.61 bits per heavy atom. The molecule has 0 aliphatic heterocycles. The summed E-state index contributed by atoms with van der Waals surface area (Å²) < 4.78 is 10.4. The zero-order valence-electron chi connectivity index (χ0n) is 12.2. The zero-order chi connectivity index (χ0) is 14.1. The highest BCUT2D eigenvalue weighted by atomic mass is 16.5. The lowest BCUT2D eigenvalue weighted by atomic mass is 9.90. The van der Waals surface area contributed by atoms with Crippen molar-refractivity contribution in [2.75, 3.05) is 14.2 Å². The van der Waals surface area contributed by atoms with Crippen molar-refractivity contribution < 1.29 is 9.47 Å². The minimum Gasteiger partial charge on any atom is -0.493 e. The maximum absolute atomic E-state index is 9.12. The Labute approximate surface area is 110 Å². The average Bonchev–Trinajstić information content (AvgIpc) is 2.41. The summed E-state index contributed by atoms with van der Waals surface area (Å²) in [6.45, 7) is 8.06. The molecule has 1 rings (SSSR count). The van der Waals surface area contributed by atoms with Crippen LogP contribution in [0.3, 0.4) is 0 Å². The molecule has 1 atom stereocenters. The van der Waals surface area contributed by atoms with Gasteiger partial charge in [-0.25, -0.2) is 0 Å². The van der Waals surface area contributed by atoms with Crippen LogP contribution in [0.4, 0.5) is 0 Å². The summed E-state index contributed by atoms with van der Waals surface area (Å²) in [4.78, 5) is 0. The van der Waals surface area contributed by atoms with Crippen LogP contribution in [0.15, 0.2) is 18.2 Å². The molecule has 0 bridgehead atoms. The van der Waals surface area contributed by atoms with E-state index < -0.39 is 0 Å². The Balaban J connectivity index is 0.00000137. The molecular weight excluding hydrogens is 226 g/mol. The van der Waals surface area contributed by atoms with E-state index in [0.717, 1.165) is 5.56 Å². The predicted octanol–water partition coefficient (Wildman–Crippen LogP) is 3.99. The molecule has 1 aromatic carbocycles. The van der Waals surface area contributed by atoms with Crippen molar-refractivity contribution in [2.45, 2.75) is 33.6 Å². The maximum atomic E-state index is 9.12. The third kappa shape index (κ3) is 3.96. The van der Waals surface area contributed by atoms with E-state index in [1.165, 1.54) is 0 Å². The molecule has 0 aliphatic carbocycles. The fraction of sp³-hybridized carbons (Fsp3) is 0.533. The van der Waals surface area contributed by atoms with Crippen molar-refractivity contribution in [1.82, 2.24) is 0 Å². The van der Waals surface area contributed by atoms with Crippen molar-refractivity contribution in [3.05, 3.63) is 23.8 Å². The number of benzene rings is 1. The largest absolute Gasteiger partial charge is 0.493 e. The molecule has 0 N–H and O–H groups in total. The number of rotatable bonds is 4. The Morgan fingerprint density at radius 1 is 1.06 bits per heavy atom. The molecule has 3 heteroatoms. The zero-order valence-corrected chi connectivity index (χ0v) is 12.2. The van der Waals surface area contributed by atoms with Crippen molar-refractivity contribution in [3.8, 4) is 17.6 Å². The van der Waals surface area contributed by atoms with Gasteiger partial charge in [0.1, 0.15) is 0 Å². The smallest absolute Gasteiger partial charge is 0.161 e. The Kier molecular flexibility index (Phi) is 7.62. The van der Waals surface area contributed by atoms with Crippen LogP contribution in [-0.4, -0.2) is 14.2 Å². The third-order valence-corrected chi connectivity index (χ3v) is 2.57. The highest BCUT2D eigenvalue weighted by Crippen LogP contribution is 2.32. The highest BCUT2D eigenvalue weighted by Gasteiger charge is 2.16. The van der Waals surface area contributed by atoms with Gasteiger partial charge in [-0.2, -0.15) is 5.26 Å². The molecule has 0 aromatic heterocycles. The summed E-state index contributed by atoms with van der Waals surface area (Å²) in [5.74, 6) is 1.52. The van der Waals surface area contributed by atoms with Gasteiger partial charge in [-0.05, 0) is 23.6 Å². The summed E-state index contributed by atoms with van der Waals surface area (Å²) in [5.41, 5.74) is 0.968. The first kappa shape index (κ1) is 16.3. The number of nitrogens with zero attached hydrogens (tertiary/aromatic N) is 1. The van der Waals surface area contributed by atoms with E-state index in [-0.39, 0.29) is 11.8 Å². The van der Waals surface area contributed by atoms with Gasteiger partial charge in [-0.1, -0.05) is 33.8 Å². The number of hydrogen-bond donors (Lipinski definition) is 0. The van der Waals surface area contributed by atoms with Gasteiger partial charge in [-0.3, -0.25) is 0 Å². The van der Waals surface area contributed by atoms with E-state index >= 15 is 0 Å². The fourth-order valence-electron chi connectivity index (χ4n) is 1.65. The number of nitriles is 1. The lowest BCUT2D eigenvalue weighted by Crippen LogP contribution is -2.04. The number of ether oxygens (including phenoxy) is 2. The third-order valence-electron chi connectivity index (χ3n) is 2.57. The SMILES string of the molecule is CC.COc1ccc(C(C#N)C(C)C)cc1OC. The molecule has 1 aromatic rings. The van der Waals surface area contributed by atoms with E-state index in [1.54, 1.807) is 14.2 Å². The molecular formula is C15H23NO2. The van der Waals surface area contributed by atoms with E-state index in [9.17, 15) is 0 Å². The van der Waals surface area contributed by atoms with Crippen LogP contribution >= 0.6 is 0 Å². The van der Waals surface area contributed by atoms with Crippen molar-refractivity contribution >= 4 is 0 Å². The summed E-state index contributed by atoms with van der Waals surface area (Å²) in [7, 11) is 3.19. The summed E-state index contributed by atoms with van der Waals surface area (Å²) >= 11 is 0. The standard InChI is InChI=1S/C13H17NO2.C2H6/c1-9(2)11(8-14)10-5-6-12(15-3)13(7-10)16-4;1-2/h5-7,9,11H,1-4H3;1-2H3. The minimum absolute atomic E-state index is 0.111. The van der Waals surface area contributed by atoms with Gasteiger partial charge in [0.2, 0.25) is 0 Å². The van der Waals surface area contributed by atoms with E-state index in [1.807, 2.05) is 45.9 Å². The first-order chi connectivity index (χ1) is 8.63. The highest BCUT2D eigenvalue weighted by molar-refractivity contribution is 5.45. The minimum atomic E-state index is -0.111. The second kappa shape index (κ2) is 8.41. The molecule has 100 valence electrons. The van der Waals surface area contributed by atoms with Crippen LogP contribution in [0.1, 0.15) is 39.2 Å². The molecule has 3 nitrogen and oxygen atoms in total. The lowest BCUT2D eigenvalue weighted by molar-refractivity contribution is 0.354. The van der Waals surface area contributed by atoms with Gasteiger partial charge in [0, 0.05) is 0 Å². The van der Waals surface area contributed by atoms with Crippen molar-refractivity contribution in [2.24, 2.45) is 5.92 Å². The molecule has 0 saturated carbocycles. The second-order valence-corrected chi connectivity index (χ2v) is 3.97.